The van der Waals surface area contributed by atoms with Crippen molar-refractivity contribution < 1.29 is 19.8 Å². The number of aliphatic imine (C=N–C) groups is 1. The van der Waals surface area contributed by atoms with Gasteiger partial charge in [-0.2, -0.15) is 0 Å². The Hall–Kier alpha value is -2.67. The molecule has 0 saturated heterocycles. The van der Waals surface area contributed by atoms with Crippen molar-refractivity contribution in [2.45, 2.75) is 13.0 Å². The highest BCUT2D eigenvalue weighted by atomic mass is 16.4. The van der Waals surface area contributed by atoms with Crippen molar-refractivity contribution in [3.63, 3.8) is 0 Å². The number of nitrogens with two attached hydrogens (primary N) is 1. The van der Waals surface area contributed by atoms with Crippen LogP contribution in [0.2, 0.25) is 0 Å². The van der Waals surface area contributed by atoms with Crippen molar-refractivity contribution in [1.29, 1.82) is 0 Å². The van der Waals surface area contributed by atoms with Crippen molar-refractivity contribution in [1.82, 2.24) is 4.90 Å². The molecule has 0 aromatic heterocycles. The minimum absolute atomic E-state index is 0.113. The highest BCUT2D eigenvalue weighted by molar-refractivity contribution is 6.16. The lowest BCUT2D eigenvalue weighted by Gasteiger charge is -2.17. The average Bonchev–Trinajstić information content (AvgIpc) is 2.70. The summed E-state index contributed by atoms with van der Waals surface area (Å²) in [6.45, 7) is 1.15. The van der Waals surface area contributed by atoms with E-state index in [4.69, 9.17) is 10.8 Å². The van der Waals surface area contributed by atoms with Gasteiger partial charge in [-0.05, 0) is 30.7 Å². The first kappa shape index (κ1) is 14.7. The Bertz CT molecular complexity index is 632. The maximum Gasteiger partial charge on any atom is 0.323 e. The molecule has 1 unspecified atom stereocenters. The molecule has 0 radical (unpaired) electrons. The maximum atomic E-state index is 12.2. The van der Waals surface area contributed by atoms with Crippen molar-refractivity contribution in [3.8, 4) is 5.75 Å². The number of amides is 1. The summed E-state index contributed by atoms with van der Waals surface area (Å²) in [5.74, 6) is -1.30. The van der Waals surface area contributed by atoms with Crippen LogP contribution in [-0.2, 0) is 9.59 Å². The number of benzene rings is 1. The Kier molecular flexibility index (Phi) is 4.04. The van der Waals surface area contributed by atoms with E-state index in [9.17, 15) is 14.7 Å². The Labute approximate surface area is 121 Å². The summed E-state index contributed by atoms with van der Waals surface area (Å²) in [5.41, 5.74) is 6.51. The Morgan fingerprint density at radius 3 is 2.57 bits per heavy atom. The van der Waals surface area contributed by atoms with Crippen LogP contribution in [-0.4, -0.2) is 45.4 Å². The number of aliphatic carboxylic acids is 1. The predicted octanol–water partition coefficient (Wildman–Crippen LogP) is 0.406. The Balaban J connectivity index is 2.34. The first-order valence-corrected chi connectivity index (χ1v) is 6.27. The molecule has 4 N–H and O–H groups in total. The fourth-order valence-electron chi connectivity index (χ4n) is 1.93. The minimum Gasteiger partial charge on any atom is -0.508 e. The highest BCUT2D eigenvalue weighted by Gasteiger charge is 2.33. The molecule has 1 aliphatic rings. The summed E-state index contributed by atoms with van der Waals surface area (Å²) in [4.78, 5) is 28.2. The van der Waals surface area contributed by atoms with Crippen LogP contribution >= 0.6 is 0 Å². The smallest absolute Gasteiger partial charge is 0.323 e. The van der Waals surface area contributed by atoms with Crippen LogP contribution in [0.3, 0.4) is 0 Å². The van der Waals surface area contributed by atoms with E-state index in [1.807, 2.05) is 0 Å². The van der Waals surface area contributed by atoms with Crippen LogP contribution in [0.15, 0.2) is 35.0 Å². The van der Waals surface area contributed by atoms with E-state index in [2.05, 4.69) is 4.99 Å². The predicted molar refractivity (Wildman–Crippen MR) is 76.5 cm³/mol. The van der Waals surface area contributed by atoms with Crippen molar-refractivity contribution in [2.24, 2.45) is 10.7 Å². The summed E-state index contributed by atoms with van der Waals surface area (Å²) in [6.07, 6.45) is 1.52. The zero-order valence-corrected chi connectivity index (χ0v) is 11.4. The van der Waals surface area contributed by atoms with E-state index < -0.39 is 24.5 Å². The molecule has 7 heteroatoms. The van der Waals surface area contributed by atoms with Crippen LogP contribution in [0.5, 0.6) is 5.75 Å². The SMILES string of the molecule is CC(N)C1=NC(=Cc2ccc(O)cc2)C(=O)N1CC(=O)O. The van der Waals surface area contributed by atoms with Gasteiger partial charge in [0.1, 0.15) is 23.8 Å². The third-order valence-electron chi connectivity index (χ3n) is 2.87. The first-order chi connectivity index (χ1) is 9.88. The van der Waals surface area contributed by atoms with Crippen LogP contribution in [0, 0.1) is 0 Å². The van der Waals surface area contributed by atoms with Gasteiger partial charge in [-0.3, -0.25) is 14.5 Å². The van der Waals surface area contributed by atoms with Gasteiger partial charge in [0.05, 0.1) is 6.04 Å². The second-order valence-electron chi connectivity index (χ2n) is 4.66. The fraction of sp³-hybridized carbons (Fsp3) is 0.214. The summed E-state index contributed by atoms with van der Waals surface area (Å²) in [7, 11) is 0. The number of carboxylic acid groups (broad SMARTS) is 1. The molecule has 0 aliphatic carbocycles. The quantitative estimate of drug-likeness (QED) is 0.694. The van der Waals surface area contributed by atoms with Crippen molar-refractivity contribution in [3.05, 3.63) is 35.5 Å². The second-order valence-corrected chi connectivity index (χ2v) is 4.66. The molecule has 1 aromatic carbocycles. The number of carbonyl (C=O) groups is 2. The number of hydrogen-bond donors (Lipinski definition) is 3. The molecule has 110 valence electrons. The largest absolute Gasteiger partial charge is 0.508 e. The molecule has 7 nitrogen and oxygen atoms in total. The molecule has 21 heavy (non-hydrogen) atoms. The van der Waals surface area contributed by atoms with E-state index in [1.54, 1.807) is 19.1 Å². The van der Waals surface area contributed by atoms with Crippen LogP contribution in [0.1, 0.15) is 12.5 Å². The number of amidine groups is 1. The minimum atomic E-state index is -1.14. The van der Waals surface area contributed by atoms with E-state index in [-0.39, 0.29) is 17.3 Å². The van der Waals surface area contributed by atoms with Gasteiger partial charge in [0, 0.05) is 0 Å². The molecule has 2 rings (SSSR count). The molecule has 0 spiro atoms. The zero-order chi connectivity index (χ0) is 15.6. The molecular formula is C14H15N3O4. The molecule has 1 heterocycles. The standard InChI is InChI=1S/C14H15N3O4/c1-8(15)13-16-11(14(21)17(13)7-12(19)20)6-9-2-4-10(18)5-3-9/h2-6,8,18H,7,15H2,1H3,(H,19,20). The molecule has 1 aliphatic heterocycles. The summed E-state index contributed by atoms with van der Waals surface area (Å²) < 4.78 is 0. The molecular weight excluding hydrogens is 274 g/mol. The van der Waals surface area contributed by atoms with Gasteiger partial charge in [-0.25, -0.2) is 4.99 Å². The van der Waals surface area contributed by atoms with Crippen LogP contribution in [0.4, 0.5) is 0 Å². The van der Waals surface area contributed by atoms with E-state index in [0.717, 1.165) is 4.90 Å². The molecule has 1 amide bonds. The molecule has 1 atom stereocenters. The lowest BCUT2D eigenvalue weighted by atomic mass is 10.2. The van der Waals surface area contributed by atoms with Crippen molar-refractivity contribution in [2.75, 3.05) is 6.54 Å². The van der Waals surface area contributed by atoms with Crippen molar-refractivity contribution >= 4 is 23.8 Å². The number of phenolic OH excluding ortho intramolecular Hbond substituents is 1. The monoisotopic (exact) mass is 289 g/mol. The van der Waals surface area contributed by atoms with E-state index in [0.29, 0.717) is 5.56 Å². The first-order valence-electron chi connectivity index (χ1n) is 6.27. The van der Waals surface area contributed by atoms with E-state index in [1.165, 1.54) is 18.2 Å². The molecule has 0 fully saturated rings. The summed E-state index contributed by atoms with van der Waals surface area (Å²) in [5, 5.41) is 18.1. The fourth-order valence-corrected chi connectivity index (χ4v) is 1.93. The number of carbonyl (C=O) groups excluding carboxylic acids is 1. The average molecular weight is 289 g/mol. The number of hydrogen-bond acceptors (Lipinski definition) is 5. The number of nitrogens with zero attached hydrogens (tertiary/aromatic N) is 2. The Morgan fingerprint density at radius 1 is 1.43 bits per heavy atom. The third-order valence-corrected chi connectivity index (χ3v) is 2.87. The normalized spacial score (nSPS) is 18.0. The van der Waals surface area contributed by atoms with Gasteiger partial charge in [0.2, 0.25) is 0 Å². The number of phenols is 1. The van der Waals surface area contributed by atoms with Crippen LogP contribution < -0.4 is 5.73 Å². The molecule has 0 bridgehead atoms. The van der Waals surface area contributed by atoms with Gasteiger partial charge in [0.25, 0.3) is 5.91 Å². The van der Waals surface area contributed by atoms with Gasteiger partial charge in [0.15, 0.2) is 0 Å². The number of carboxylic acids is 1. The molecule has 1 aromatic rings. The summed E-state index contributed by atoms with van der Waals surface area (Å²) in [6, 6.07) is 5.65. The van der Waals surface area contributed by atoms with Gasteiger partial charge < -0.3 is 15.9 Å². The van der Waals surface area contributed by atoms with Gasteiger partial charge in [-0.15, -0.1) is 0 Å². The third kappa shape index (κ3) is 3.26. The lowest BCUT2D eigenvalue weighted by molar-refractivity contribution is -0.140. The van der Waals surface area contributed by atoms with Gasteiger partial charge in [-0.1, -0.05) is 12.1 Å². The topological polar surface area (TPSA) is 116 Å². The molecule has 0 saturated carbocycles. The highest BCUT2D eigenvalue weighted by Crippen LogP contribution is 2.20. The van der Waals surface area contributed by atoms with Crippen LogP contribution in [0.25, 0.3) is 6.08 Å². The Morgan fingerprint density at radius 2 is 2.05 bits per heavy atom. The summed E-state index contributed by atoms with van der Waals surface area (Å²) >= 11 is 0. The second kappa shape index (κ2) is 5.76. The number of aromatic hydroxyl groups is 1. The lowest BCUT2D eigenvalue weighted by Crippen LogP contribution is -2.44. The maximum absolute atomic E-state index is 12.2. The van der Waals surface area contributed by atoms with E-state index >= 15 is 0 Å². The van der Waals surface area contributed by atoms with Gasteiger partial charge >= 0.3 is 5.97 Å². The zero-order valence-electron chi connectivity index (χ0n) is 11.4. The number of rotatable bonds is 4.